The summed E-state index contributed by atoms with van der Waals surface area (Å²) in [5.41, 5.74) is 4.22. The molecule has 0 aliphatic rings. The molecular weight excluding hydrogens is 380 g/mol. The van der Waals surface area contributed by atoms with Crippen molar-refractivity contribution in [3.05, 3.63) is 65.4 Å². The summed E-state index contributed by atoms with van der Waals surface area (Å²) < 4.78 is 12.7. The van der Waals surface area contributed by atoms with Crippen LogP contribution in [-0.2, 0) is 9.53 Å². The van der Waals surface area contributed by atoms with Gasteiger partial charge >= 0.3 is 0 Å². The molecule has 0 saturated heterocycles. The van der Waals surface area contributed by atoms with Gasteiger partial charge in [0.05, 0.1) is 18.8 Å². The molecule has 0 saturated carbocycles. The Hall–Kier alpha value is -3.63. The van der Waals surface area contributed by atoms with Gasteiger partial charge in [-0.3, -0.25) is 4.79 Å². The summed E-state index contributed by atoms with van der Waals surface area (Å²) in [6.45, 7) is 6.61. The van der Waals surface area contributed by atoms with E-state index in [1.165, 1.54) is 6.39 Å². The normalized spacial score (nSPS) is 12.4. The molecule has 2 aromatic heterocycles. The van der Waals surface area contributed by atoms with E-state index in [-0.39, 0.29) is 11.6 Å². The first-order valence-corrected chi connectivity index (χ1v) is 9.54. The molecule has 1 amide bonds. The number of oxazole rings is 1. The molecule has 1 N–H and O–H groups in total. The topological polar surface area (TPSA) is 93.1 Å². The first kappa shape index (κ1) is 21.1. The Morgan fingerprint density at radius 2 is 2.20 bits per heavy atom. The number of benzene rings is 1. The third-order valence-corrected chi connectivity index (χ3v) is 4.87. The van der Waals surface area contributed by atoms with E-state index >= 15 is 0 Å². The van der Waals surface area contributed by atoms with Crippen LogP contribution in [0.3, 0.4) is 0 Å². The molecule has 0 radical (unpaired) electrons. The Kier molecular flexibility index (Phi) is 6.50. The molecule has 0 fully saturated rings. The van der Waals surface area contributed by atoms with Crippen molar-refractivity contribution in [2.75, 3.05) is 19.0 Å². The zero-order valence-electron chi connectivity index (χ0n) is 17.5. The number of nitrogens with zero attached hydrogens (tertiary/aromatic N) is 3. The minimum atomic E-state index is -0.470. The number of carbonyl (C=O) groups is 1. The Bertz CT molecular complexity index is 1100. The van der Waals surface area contributed by atoms with E-state index in [1.54, 1.807) is 37.6 Å². The molecule has 2 heterocycles. The first-order valence-electron chi connectivity index (χ1n) is 9.54. The molecule has 0 aliphatic heterocycles. The number of hydrogen-bond donors (Lipinski definition) is 1. The summed E-state index contributed by atoms with van der Waals surface area (Å²) >= 11 is 0. The highest BCUT2D eigenvalue weighted by Gasteiger charge is 2.16. The van der Waals surface area contributed by atoms with Gasteiger partial charge in [-0.05, 0) is 50.6 Å². The van der Waals surface area contributed by atoms with Gasteiger partial charge in [0.2, 0.25) is 0 Å². The van der Waals surface area contributed by atoms with Gasteiger partial charge in [0.1, 0.15) is 11.6 Å². The number of carbonyl (C=O) groups excluding carboxylic acids is 1. The lowest BCUT2D eigenvalue weighted by atomic mass is 10.1. The van der Waals surface area contributed by atoms with Crippen LogP contribution in [0.15, 0.2) is 52.9 Å². The predicted molar refractivity (Wildman–Crippen MR) is 115 cm³/mol. The number of amides is 1. The van der Waals surface area contributed by atoms with Crippen LogP contribution in [0, 0.1) is 25.2 Å². The molecule has 154 valence electrons. The Balaban J connectivity index is 1.84. The van der Waals surface area contributed by atoms with E-state index in [9.17, 15) is 10.1 Å². The van der Waals surface area contributed by atoms with Crippen LogP contribution in [0.25, 0.3) is 17.4 Å². The maximum absolute atomic E-state index is 12.7. The van der Waals surface area contributed by atoms with Gasteiger partial charge in [0.25, 0.3) is 5.91 Å². The second kappa shape index (κ2) is 9.25. The molecule has 0 aliphatic carbocycles. The zero-order chi connectivity index (χ0) is 21.7. The first-order chi connectivity index (χ1) is 14.4. The van der Waals surface area contributed by atoms with E-state index in [4.69, 9.17) is 9.15 Å². The minimum absolute atomic E-state index is 0.0275. The molecule has 0 bridgehead atoms. The van der Waals surface area contributed by atoms with Gasteiger partial charge in [-0.1, -0.05) is 12.1 Å². The molecule has 3 aromatic rings. The van der Waals surface area contributed by atoms with Crippen LogP contribution in [-0.4, -0.2) is 29.2 Å². The molecule has 30 heavy (non-hydrogen) atoms. The smallest absolute Gasteiger partial charge is 0.266 e. The van der Waals surface area contributed by atoms with Crippen molar-refractivity contribution in [1.29, 1.82) is 5.26 Å². The maximum atomic E-state index is 12.7. The maximum Gasteiger partial charge on any atom is 0.266 e. The number of nitrogens with one attached hydrogen (secondary N) is 1. The molecular formula is C23H24N4O3. The fraction of sp³-hybridized carbons (Fsp3) is 0.261. The van der Waals surface area contributed by atoms with Crippen LogP contribution in [0.2, 0.25) is 0 Å². The lowest BCUT2D eigenvalue weighted by molar-refractivity contribution is -0.112. The Labute approximate surface area is 175 Å². The molecule has 7 heteroatoms. The van der Waals surface area contributed by atoms with E-state index in [0.29, 0.717) is 18.1 Å². The van der Waals surface area contributed by atoms with Gasteiger partial charge < -0.3 is 19.0 Å². The van der Waals surface area contributed by atoms with Crippen LogP contribution < -0.4 is 5.32 Å². The third kappa shape index (κ3) is 4.50. The summed E-state index contributed by atoms with van der Waals surface area (Å²) in [4.78, 5) is 16.6. The monoisotopic (exact) mass is 404 g/mol. The van der Waals surface area contributed by atoms with Crippen LogP contribution in [0.1, 0.15) is 29.9 Å². The molecule has 0 spiro atoms. The fourth-order valence-corrected chi connectivity index (χ4v) is 3.55. The summed E-state index contributed by atoms with van der Waals surface area (Å²) in [7, 11) is 1.67. The number of nitriles is 1. The van der Waals surface area contributed by atoms with E-state index < -0.39 is 5.91 Å². The summed E-state index contributed by atoms with van der Waals surface area (Å²) in [5.74, 6) is 0.127. The van der Waals surface area contributed by atoms with Gasteiger partial charge in [-0.25, -0.2) is 4.98 Å². The highest BCUT2D eigenvalue weighted by Crippen LogP contribution is 2.24. The van der Waals surface area contributed by atoms with Crippen LogP contribution in [0.5, 0.6) is 0 Å². The van der Waals surface area contributed by atoms with Crippen LogP contribution in [0.4, 0.5) is 5.69 Å². The number of aryl methyl sites for hydroxylation is 1. The largest absolute Gasteiger partial charge is 0.444 e. The average Bonchev–Trinajstić information content (AvgIpc) is 3.35. The average molecular weight is 404 g/mol. The van der Waals surface area contributed by atoms with E-state index in [0.717, 1.165) is 22.5 Å². The number of hydrogen-bond acceptors (Lipinski definition) is 5. The van der Waals surface area contributed by atoms with Crippen LogP contribution >= 0.6 is 0 Å². The van der Waals surface area contributed by atoms with Crippen molar-refractivity contribution < 1.29 is 13.9 Å². The molecule has 1 aromatic carbocycles. The van der Waals surface area contributed by atoms with Crippen molar-refractivity contribution in [2.45, 2.75) is 26.8 Å². The molecule has 1 unspecified atom stereocenters. The van der Waals surface area contributed by atoms with Crippen molar-refractivity contribution in [2.24, 2.45) is 0 Å². The SMILES string of the molecule is COCC(C)n1c(C)cc(/C=C(\C#N)C(=O)Nc2cccc(-c3cnco3)c2)c1C. The number of rotatable bonds is 7. The molecule has 3 rings (SSSR count). The third-order valence-electron chi connectivity index (χ3n) is 4.87. The second-order valence-corrected chi connectivity index (χ2v) is 7.07. The van der Waals surface area contributed by atoms with Crippen molar-refractivity contribution in [1.82, 2.24) is 9.55 Å². The minimum Gasteiger partial charge on any atom is -0.444 e. The highest BCUT2D eigenvalue weighted by atomic mass is 16.5. The summed E-state index contributed by atoms with van der Waals surface area (Å²) in [5, 5.41) is 12.4. The highest BCUT2D eigenvalue weighted by molar-refractivity contribution is 6.09. The Morgan fingerprint density at radius 1 is 1.40 bits per heavy atom. The van der Waals surface area contributed by atoms with Crippen molar-refractivity contribution in [3.8, 4) is 17.4 Å². The van der Waals surface area contributed by atoms with Crippen molar-refractivity contribution >= 4 is 17.7 Å². The predicted octanol–water partition coefficient (Wildman–Crippen LogP) is 4.51. The zero-order valence-corrected chi connectivity index (χ0v) is 17.5. The summed E-state index contributed by atoms with van der Waals surface area (Å²) in [6, 6.07) is 11.3. The standard InChI is InChI=1S/C23H24N4O3/c1-15-8-19(17(3)27(15)16(2)13-29-4)9-20(11-24)23(28)26-21-7-5-6-18(10-21)22-12-25-14-30-22/h5-10,12,14,16H,13H2,1-4H3,(H,26,28)/b20-9+. The van der Waals surface area contributed by atoms with E-state index in [1.807, 2.05) is 32.0 Å². The van der Waals surface area contributed by atoms with Gasteiger partial charge in [-0.2, -0.15) is 5.26 Å². The molecule has 7 nitrogen and oxygen atoms in total. The fourth-order valence-electron chi connectivity index (χ4n) is 3.55. The second-order valence-electron chi connectivity index (χ2n) is 7.07. The number of methoxy groups -OCH3 is 1. The lowest BCUT2D eigenvalue weighted by Gasteiger charge is -2.17. The van der Waals surface area contributed by atoms with Gasteiger partial charge in [0, 0.05) is 29.7 Å². The van der Waals surface area contributed by atoms with Crippen molar-refractivity contribution in [3.63, 3.8) is 0 Å². The lowest BCUT2D eigenvalue weighted by Crippen LogP contribution is -2.14. The molecule has 1 atom stereocenters. The Morgan fingerprint density at radius 3 is 2.87 bits per heavy atom. The van der Waals surface area contributed by atoms with Gasteiger partial charge in [0.15, 0.2) is 12.2 Å². The van der Waals surface area contributed by atoms with Gasteiger partial charge in [-0.15, -0.1) is 0 Å². The number of aromatic nitrogens is 2. The number of anilines is 1. The number of ether oxygens (including phenoxy) is 1. The quantitative estimate of drug-likeness (QED) is 0.462. The van der Waals surface area contributed by atoms with E-state index in [2.05, 4.69) is 21.8 Å². The summed E-state index contributed by atoms with van der Waals surface area (Å²) in [6.07, 6.45) is 4.57.